The number of nitro groups is 1. The maximum Gasteiger partial charge on any atom is 0.270 e. The second kappa shape index (κ2) is 8.33. The Balaban J connectivity index is 1.33. The fraction of sp³-hybridized carbons (Fsp3) is 0.478. The molecule has 1 aliphatic carbocycles. The monoisotopic (exact) mass is 470 g/mol. The Hall–Kier alpha value is -3.14. The minimum absolute atomic E-state index is 0.0291. The number of nitro benzene ring substituents is 1. The van der Waals surface area contributed by atoms with Crippen LogP contribution in [0.2, 0.25) is 0 Å². The van der Waals surface area contributed by atoms with Crippen LogP contribution in [0.1, 0.15) is 46.5 Å². The summed E-state index contributed by atoms with van der Waals surface area (Å²) in [6.45, 7) is 6.18. The third-order valence-electron chi connectivity index (χ3n) is 7.40. The molecule has 1 saturated heterocycles. The highest BCUT2D eigenvalue weighted by Crippen LogP contribution is 2.60. The van der Waals surface area contributed by atoms with E-state index in [1.165, 1.54) is 28.4 Å². The minimum Gasteiger partial charge on any atom is -0.302 e. The summed E-state index contributed by atoms with van der Waals surface area (Å²) < 4.78 is 0. The zero-order valence-electron chi connectivity index (χ0n) is 18.8. The number of imide groups is 1. The first kappa shape index (κ1) is 23.0. The molecule has 1 saturated carbocycles. The number of likely N-dealkylation sites (tertiary alicyclic amines) is 1. The number of piperidine rings is 1. The molecule has 1 aliphatic heterocycles. The van der Waals surface area contributed by atoms with Crippen molar-refractivity contribution in [2.45, 2.75) is 46.5 Å². The van der Waals surface area contributed by atoms with Crippen molar-refractivity contribution in [3.8, 4) is 11.3 Å². The molecular weight excluding hydrogens is 444 g/mol. The van der Waals surface area contributed by atoms with E-state index in [1.807, 2.05) is 20.8 Å². The Morgan fingerprint density at radius 1 is 1.33 bits per heavy atom. The number of hydrogen-bond acceptors (Lipinski definition) is 7. The normalized spacial score (nSPS) is 23.6. The van der Waals surface area contributed by atoms with E-state index in [-0.39, 0.29) is 47.7 Å². The zero-order valence-corrected chi connectivity index (χ0v) is 19.6. The predicted octanol–water partition coefficient (Wildman–Crippen LogP) is 4.25. The third-order valence-corrected chi connectivity index (χ3v) is 8.15. The average molecular weight is 471 g/mol. The van der Waals surface area contributed by atoms with Gasteiger partial charge in [0.2, 0.25) is 17.7 Å². The Kier molecular flexibility index (Phi) is 5.81. The average Bonchev–Trinajstić information content (AvgIpc) is 3.30. The van der Waals surface area contributed by atoms with Crippen LogP contribution >= 0.6 is 11.3 Å². The summed E-state index contributed by atoms with van der Waals surface area (Å²) in [5, 5.41) is 15.8. The number of carbonyl (C=O) groups is 3. The lowest BCUT2D eigenvalue weighted by molar-refractivity contribution is -0.384. The van der Waals surface area contributed by atoms with E-state index in [0.717, 1.165) is 6.42 Å². The first-order valence-corrected chi connectivity index (χ1v) is 11.8. The van der Waals surface area contributed by atoms with Gasteiger partial charge >= 0.3 is 0 Å². The summed E-state index contributed by atoms with van der Waals surface area (Å²) >= 11 is 1.23. The number of benzene rings is 1. The maximum atomic E-state index is 13.1. The molecule has 4 rings (SSSR count). The molecule has 0 radical (unpaired) electrons. The number of thiazole rings is 1. The molecule has 1 aromatic heterocycles. The van der Waals surface area contributed by atoms with Gasteiger partial charge in [-0.05, 0) is 24.7 Å². The van der Waals surface area contributed by atoms with E-state index in [4.69, 9.17) is 0 Å². The molecule has 2 atom stereocenters. The lowest BCUT2D eigenvalue weighted by Crippen LogP contribution is -2.59. The smallest absolute Gasteiger partial charge is 0.270 e. The Morgan fingerprint density at radius 3 is 2.82 bits per heavy atom. The van der Waals surface area contributed by atoms with Crippen molar-refractivity contribution in [1.82, 2.24) is 9.88 Å². The van der Waals surface area contributed by atoms with Crippen LogP contribution in [0, 0.1) is 26.9 Å². The summed E-state index contributed by atoms with van der Waals surface area (Å²) in [5.41, 5.74) is 0.205. The summed E-state index contributed by atoms with van der Waals surface area (Å²) in [4.78, 5) is 54.5. The molecule has 1 aromatic carbocycles. The number of carbonyl (C=O) groups excluding carboxylic acids is 3. The SMILES string of the molecule is CC12CCC(C(=O)N(CCCC(=O)Nc3nc(-c4cccc([N+](=O)[O-])c4)cs3)C1=O)C2(C)C. The van der Waals surface area contributed by atoms with Crippen molar-refractivity contribution in [2.75, 3.05) is 11.9 Å². The molecule has 33 heavy (non-hydrogen) atoms. The van der Waals surface area contributed by atoms with Gasteiger partial charge in [-0.25, -0.2) is 4.98 Å². The molecular formula is C23H26N4O5S. The van der Waals surface area contributed by atoms with Crippen LogP contribution in [0.4, 0.5) is 10.8 Å². The number of hydrogen-bond donors (Lipinski definition) is 1. The quantitative estimate of drug-likeness (QED) is 0.367. The number of rotatable bonds is 7. The number of amides is 3. The van der Waals surface area contributed by atoms with Gasteiger partial charge in [-0.15, -0.1) is 11.3 Å². The van der Waals surface area contributed by atoms with Gasteiger partial charge in [0.25, 0.3) is 5.69 Å². The first-order valence-electron chi connectivity index (χ1n) is 10.9. The number of anilines is 1. The largest absolute Gasteiger partial charge is 0.302 e. The van der Waals surface area contributed by atoms with Crippen molar-refractivity contribution in [1.29, 1.82) is 0 Å². The Bertz CT molecular complexity index is 1140. The molecule has 1 N–H and O–H groups in total. The first-order chi connectivity index (χ1) is 15.5. The molecule has 2 unspecified atom stereocenters. The summed E-state index contributed by atoms with van der Waals surface area (Å²) in [6, 6.07) is 6.14. The van der Waals surface area contributed by atoms with Crippen molar-refractivity contribution < 1.29 is 19.3 Å². The van der Waals surface area contributed by atoms with Gasteiger partial charge < -0.3 is 5.32 Å². The van der Waals surface area contributed by atoms with Crippen LogP contribution in [-0.2, 0) is 14.4 Å². The molecule has 2 aliphatic rings. The number of nitrogens with zero attached hydrogens (tertiary/aromatic N) is 3. The highest BCUT2D eigenvalue weighted by Gasteiger charge is 2.64. The summed E-state index contributed by atoms with van der Waals surface area (Å²) in [6.07, 6.45) is 1.95. The zero-order chi connectivity index (χ0) is 24.0. The molecule has 9 nitrogen and oxygen atoms in total. The van der Waals surface area contributed by atoms with Gasteiger partial charge in [0.15, 0.2) is 5.13 Å². The van der Waals surface area contributed by atoms with Gasteiger partial charge in [0, 0.05) is 42.0 Å². The highest BCUT2D eigenvalue weighted by molar-refractivity contribution is 7.14. The second-order valence-corrected chi connectivity index (χ2v) is 10.3. The standard InChI is InChI=1S/C23H26N4O5S/c1-22(2)16-9-10-23(22,3)20(30)26(19(16)29)11-5-8-18(28)25-21-24-17(13-33-21)14-6-4-7-15(12-14)27(31)32/h4,6-7,12-13,16H,5,8-11H2,1-3H3,(H,24,25,28). The van der Waals surface area contributed by atoms with Crippen molar-refractivity contribution in [3.05, 3.63) is 39.8 Å². The van der Waals surface area contributed by atoms with Gasteiger partial charge in [-0.3, -0.25) is 29.4 Å². The van der Waals surface area contributed by atoms with Gasteiger partial charge in [0.05, 0.1) is 16.0 Å². The van der Waals surface area contributed by atoms with Crippen LogP contribution in [0.5, 0.6) is 0 Å². The third kappa shape index (κ3) is 3.92. The van der Waals surface area contributed by atoms with Gasteiger partial charge in [-0.1, -0.05) is 32.9 Å². The topological polar surface area (TPSA) is 123 Å². The number of nitrogens with one attached hydrogen (secondary N) is 1. The number of fused-ring (bicyclic) bond motifs is 2. The van der Waals surface area contributed by atoms with Gasteiger partial charge in [0.1, 0.15) is 0 Å². The summed E-state index contributed by atoms with van der Waals surface area (Å²) in [5.74, 6) is -0.673. The number of aromatic nitrogens is 1. The van der Waals surface area contributed by atoms with E-state index in [2.05, 4.69) is 10.3 Å². The number of non-ortho nitro benzene ring substituents is 1. The van der Waals surface area contributed by atoms with Crippen LogP contribution < -0.4 is 5.32 Å². The molecule has 3 amide bonds. The second-order valence-electron chi connectivity index (χ2n) is 9.44. The minimum atomic E-state index is -0.544. The van der Waals surface area contributed by atoms with E-state index in [0.29, 0.717) is 29.2 Å². The van der Waals surface area contributed by atoms with Crippen molar-refractivity contribution in [3.63, 3.8) is 0 Å². The van der Waals surface area contributed by atoms with Crippen molar-refractivity contribution in [2.24, 2.45) is 16.7 Å². The molecule has 174 valence electrons. The Morgan fingerprint density at radius 2 is 2.09 bits per heavy atom. The fourth-order valence-electron chi connectivity index (χ4n) is 4.94. The molecule has 2 aromatic rings. The predicted molar refractivity (Wildman–Crippen MR) is 123 cm³/mol. The summed E-state index contributed by atoms with van der Waals surface area (Å²) in [7, 11) is 0. The van der Waals surface area contributed by atoms with E-state index in [9.17, 15) is 24.5 Å². The van der Waals surface area contributed by atoms with Crippen LogP contribution in [-0.4, -0.2) is 39.1 Å². The molecule has 0 spiro atoms. The lowest BCUT2D eigenvalue weighted by Gasteiger charge is -2.47. The molecule has 2 heterocycles. The van der Waals surface area contributed by atoms with Crippen LogP contribution in [0.25, 0.3) is 11.3 Å². The van der Waals surface area contributed by atoms with Crippen LogP contribution in [0.15, 0.2) is 29.6 Å². The van der Waals surface area contributed by atoms with E-state index in [1.54, 1.807) is 17.5 Å². The van der Waals surface area contributed by atoms with E-state index < -0.39 is 10.3 Å². The molecule has 10 heteroatoms. The molecule has 2 bridgehead atoms. The van der Waals surface area contributed by atoms with Gasteiger partial charge in [-0.2, -0.15) is 0 Å². The Labute approximate surface area is 195 Å². The molecule has 2 fully saturated rings. The van der Waals surface area contributed by atoms with Crippen molar-refractivity contribution >= 4 is 39.9 Å². The highest BCUT2D eigenvalue weighted by atomic mass is 32.1. The van der Waals surface area contributed by atoms with E-state index >= 15 is 0 Å². The maximum absolute atomic E-state index is 13.1. The fourth-order valence-corrected chi connectivity index (χ4v) is 5.67. The lowest BCUT2D eigenvalue weighted by atomic mass is 9.62. The van der Waals surface area contributed by atoms with Crippen LogP contribution in [0.3, 0.4) is 0 Å².